The second-order valence-corrected chi connectivity index (χ2v) is 6.39. The number of rotatable bonds is 8. The maximum Gasteiger partial charge on any atom is 0.317 e. The number of nitrogens with zero attached hydrogens (tertiary/aromatic N) is 2. The molecule has 0 aromatic heterocycles. The van der Waals surface area contributed by atoms with Gasteiger partial charge in [-0.05, 0) is 24.1 Å². The van der Waals surface area contributed by atoms with E-state index in [1.165, 1.54) is 18.4 Å². The summed E-state index contributed by atoms with van der Waals surface area (Å²) in [6, 6.07) is 6.09. The van der Waals surface area contributed by atoms with E-state index in [1.807, 2.05) is 17.0 Å². The van der Waals surface area contributed by atoms with Crippen molar-refractivity contribution in [3.8, 4) is 11.5 Å². The van der Waals surface area contributed by atoms with Gasteiger partial charge in [0.25, 0.3) is 0 Å². The Kier molecular flexibility index (Phi) is 7.85. The van der Waals surface area contributed by atoms with Crippen LogP contribution in [0.4, 0.5) is 4.79 Å². The first-order valence-electron chi connectivity index (χ1n) is 9.14. The summed E-state index contributed by atoms with van der Waals surface area (Å²) in [4.78, 5) is 16.4. The van der Waals surface area contributed by atoms with Crippen LogP contribution in [0, 0.1) is 0 Å². The zero-order valence-electron chi connectivity index (χ0n) is 15.7. The van der Waals surface area contributed by atoms with Crippen LogP contribution >= 0.6 is 0 Å². The number of amides is 2. The molecule has 0 spiro atoms. The van der Waals surface area contributed by atoms with E-state index in [-0.39, 0.29) is 6.03 Å². The van der Waals surface area contributed by atoms with Gasteiger partial charge in [0, 0.05) is 39.3 Å². The second kappa shape index (κ2) is 10.1. The molecule has 0 radical (unpaired) electrons. The maximum absolute atomic E-state index is 12.1. The van der Waals surface area contributed by atoms with E-state index >= 15 is 0 Å². The quantitative estimate of drug-likeness (QED) is 0.733. The monoisotopic (exact) mass is 349 g/mol. The molecule has 0 aliphatic carbocycles. The Morgan fingerprint density at radius 3 is 2.44 bits per heavy atom. The van der Waals surface area contributed by atoms with E-state index < -0.39 is 0 Å². The summed E-state index contributed by atoms with van der Waals surface area (Å²) in [5.41, 5.74) is 1.19. The number of hydrogen-bond acceptors (Lipinski definition) is 4. The summed E-state index contributed by atoms with van der Waals surface area (Å²) in [6.07, 6.45) is 3.39. The lowest BCUT2D eigenvalue weighted by Gasteiger charge is -2.34. The topological polar surface area (TPSA) is 54.0 Å². The molecule has 1 aromatic carbocycles. The molecule has 1 aliphatic heterocycles. The van der Waals surface area contributed by atoms with Gasteiger partial charge in [0.05, 0.1) is 14.2 Å². The predicted molar refractivity (Wildman–Crippen MR) is 99.3 cm³/mol. The molecule has 1 saturated heterocycles. The molecule has 2 rings (SSSR count). The van der Waals surface area contributed by atoms with Gasteiger partial charge in [-0.2, -0.15) is 0 Å². The first kappa shape index (κ1) is 19.4. The van der Waals surface area contributed by atoms with Crippen LogP contribution in [0.2, 0.25) is 0 Å². The van der Waals surface area contributed by atoms with Crippen LogP contribution in [0.5, 0.6) is 11.5 Å². The highest BCUT2D eigenvalue weighted by Crippen LogP contribution is 2.28. The minimum absolute atomic E-state index is 0.0712. The molecule has 0 bridgehead atoms. The Labute approximate surface area is 151 Å². The fourth-order valence-electron chi connectivity index (χ4n) is 3.03. The van der Waals surface area contributed by atoms with Gasteiger partial charge in [0.2, 0.25) is 0 Å². The van der Waals surface area contributed by atoms with Gasteiger partial charge in [0.1, 0.15) is 0 Å². The molecule has 25 heavy (non-hydrogen) atoms. The first-order valence-corrected chi connectivity index (χ1v) is 9.14. The SMILES string of the molecule is CCCCCNC(=O)N1CCN(Cc2ccc(OC)c(OC)c2)CC1. The van der Waals surface area contributed by atoms with Crippen molar-refractivity contribution in [3.05, 3.63) is 23.8 Å². The average molecular weight is 349 g/mol. The lowest BCUT2D eigenvalue weighted by atomic mass is 10.1. The van der Waals surface area contributed by atoms with Crippen molar-refractivity contribution < 1.29 is 14.3 Å². The molecule has 1 fully saturated rings. The van der Waals surface area contributed by atoms with Crippen molar-refractivity contribution >= 4 is 6.03 Å². The summed E-state index contributed by atoms with van der Waals surface area (Å²) in [5.74, 6) is 1.50. The van der Waals surface area contributed by atoms with E-state index in [0.29, 0.717) is 0 Å². The van der Waals surface area contributed by atoms with Crippen LogP contribution in [0.3, 0.4) is 0 Å². The lowest BCUT2D eigenvalue weighted by molar-refractivity contribution is 0.135. The van der Waals surface area contributed by atoms with Crippen molar-refractivity contribution in [2.75, 3.05) is 46.9 Å². The Balaban J connectivity index is 1.77. The Hall–Kier alpha value is -1.95. The Morgan fingerprint density at radius 1 is 1.08 bits per heavy atom. The van der Waals surface area contributed by atoms with Crippen molar-refractivity contribution in [2.24, 2.45) is 0 Å². The predicted octanol–water partition coefficient (Wildman–Crippen LogP) is 2.72. The number of hydrogen-bond donors (Lipinski definition) is 1. The minimum atomic E-state index is 0.0712. The van der Waals surface area contributed by atoms with Crippen LogP contribution in [0.1, 0.15) is 31.7 Å². The Bertz CT molecular complexity index is 543. The van der Waals surface area contributed by atoms with Gasteiger partial charge in [0.15, 0.2) is 11.5 Å². The van der Waals surface area contributed by atoms with Gasteiger partial charge < -0.3 is 19.7 Å². The smallest absolute Gasteiger partial charge is 0.317 e. The molecule has 140 valence electrons. The van der Waals surface area contributed by atoms with Crippen molar-refractivity contribution in [1.29, 1.82) is 0 Å². The molecule has 1 heterocycles. The largest absolute Gasteiger partial charge is 0.493 e. The number of benzene rings is 1. The van der Waals surface area contributed by atoms with E-state index in [2.05, 4.69) is 23.2 Å². The summed E-state index contributed by atoms with van der Waals surface area (Å²) in [7, 11) is 3.30. The number of ether oxygens (including phenoxy) is 2. The molecule has 0 saturated carbocycles. The number of unbranched alkanes of at least 4 members (excludes halogenated alkanes) is 2. The zero-order valence-corrected chi connectivity index (χ0v) is 15.7. The fourth-order valence-corrected chi connectivity index (χ4v) is 3.03. The van der Waals surface area contributed by atoms with Crippen LogP contribution in [-0.4, -0.2) is 62.8 Å². The second-order valence-electron chi connectivity index (χ2n) is 6.39. The van der Waals surface area contributed by atoms with E-state index in [0.717, 1.165) is 57.2 Å². The molecule has 2 amide bonds. The highest BCUT2D eigenvalue weighted by molar-refractivity contribution is 5.74. The third-order valence-corrected chi connectivity index (χ3v) is 4.57. The molecule has 0 atom stereocenters. The van der Waals surface area contributed by atoms with Gasteiger partial charge in [-0.3, -0.25) is 4.90 Å². The number of methoxy groups -OCH3 is 2. The van der Waals surface area contributed by atoms with E-state index in [1.54, 1.807) is 14.2 Å². The number of urea groups is 1. The third kappa shape index (κ3) is 5.81. The molecule has 1 aliphatic rings. The Morgan fingerprint density at radius 2 is 1.80 bits per heavy atom. The average Bonchev–Trinajstić information content (AvgIpc) is 2.65. The molecule has 6 nitrogen and oxygen atoms in total. The minimum Gasteiger partial charge on any atom is -0.493 e. The van der Waals surface area contributed by atoms with Gasteiger partial charge in [-0.15, -0.1) is 0 Å². The van der Waals surface area contributed by atoms with Gasteiger partial charge in [-0.25, -0.2) is 4.79 Å². The van der Waals surface area contributed by atoms with Gasteiger partial charge in [-0.1, -0.05) is 25.8 Å². The summed E-state index contributed by atoms with van der Waals surface area (Å²) in [5, 5.41) is 3.02. The molecule has 0 unspecified atom stereocenters. The van der Waals surface area contributed by atoms with E-state index in [9.17, 15) is 4.79 Å². The normalized spacial score (nSPS) is 15.1. The summed E-state index contributed by atoms with van der Waals surface area (Å²) in [6.45, 7) is 7.11. The first-order chi connectivity index (χ1) is 12.2. The van der Waals surface area contributed by atoms with Crippen molar-refractivity contribution in [1.82, 2.24) is 15.1 Å². The molecule has 6 heteroatoms. The lowest BCUT2D eigenvalue weighted by Crippen LogP contribution is -2.51. The number of carbonyl (C=O) groups is 1. The molecule has 1 N–H and O–H groups in total. The number of piperazine rings is 1. The highest BCUT2D eigenvalue weighted by atomic mass is 16.5. The molecular formula is C19H31N3O3. The standard InChI is InChI=1S/C19H31N3O3/c1-4-5-6-9-20-19(23)22-12-10-21(11-13-22)15-16-7-8-17(24-2)18(14-16)25-3/h7-8,14H,4-6,9-13,15H2,1-3H3,(H,20,23). The molecule has 1 aromatic rings. The van der Waals surface area contributed by atoms with Crippen LogP contribution in [0.25, 0.3) is 0 Å². The zero-order chi connectivity index (χ0) is 18.1. The summed E-state index contributed by atoms with van der Waals surface area (Å²) >= 11 is 0. The maximum atomic E-state index is 12.1. The third-order valence-electron chi connectivity index (χ3n) is 4.57. The van der Waals surface area contributed by atoms with Crippen molar-refractivity contribution in [3.63, 3.8) is 0 Å². The summed E-state index contributed by atoms with van der Waals surface area (Å²) < 4.78 is 10.6. The number of nitrogens with one attached hydrogen (secondary N) is 1. The van der Waals surface area contributed by atoms with Crippen LogP contribution < -0.4 is 14.8 Å². The number of carbonyl (C=O) groups excluding carboxylic acids is 1. The fraction of sp³-hybridized carbons (Fsp3) is 0.632. The van der Waals surface area contributed by atoms with Crippen molar-refractivity contribution in [2.45, 2.75) is 32.7 Å². The van der Waals surface area contributed by atoms with Crippen LogP contribution in [-0.2, 0) is 6.54 Å². The highest BCUT2D eigenvalue weighted by Gasteiger charge is 2.21. The van der Waals surface area contributed by atoms with E-state index in [4.69, 9.17) is 9.47 Å². The van der Waals surface area contributed by atoms with Crippen LogP contribution in [0.15, 0.2) is 18.2 Å². The molecular weight excluding hydrogens is 318 g/mol. The van der Waals surface area contributed by atoms with Gasteiger partial charge >= 0.3 is 6.03 Å².